The van der Waals surface area contributed by atoms with Crippen LogP contribution in [0.25, 0.3) is 0 Å². The zero-order chi connectivity index (χ0) is 14.7. The molecule has 0 atom stereocenters. The predicted molar refractivity (Wildman–Crippen MR) is 87.1 cm³/mol. The molecule has 20 heavy (non-hydrogen) atoms. The summed E-state index contributed by atoms with van der Waals surface area (Å²) in [5.74, 6) is -0.285. The summed E-state index contributed by atoms with van der Waals surface area (Å²) in [6.45, 7) is 0. The Bertz CT molecular complexity index is 621. The number of nitrogens with one attached hydrogen (secondary N) is 1. The van der Waals surface area contributed by atoms with E-state index in [1.807, 2.05) is 30.5 Å². The molecule has 0 spiro atoms. The number of benzene rings is 2. The van der Waals surface area contributed by atoms with Gasteiger partial charge in [-0.3, -0.25) is 4.79 Å². The largest absolute Gasteiger partial charge is 0.397 e. The molecule has 0 aromatic heterocycles. The van der Waals surface area contributed by atoms with Crippen LogP contribution in [0.3, 0.4) is 0 Å². The fourth-order valence-electron chi connectivity index (χ4n) is 1.62. The van der Waals surface area contributed by atoms with Crippen LogP contribution in [0, 0.1) is 0 Å². The van der Waals surface area contributed by atoms with Crippen LogP contribution in [0.1, 0.15) is 10.4 Å². The summed E-state index contributed by atoms with van der Waals surface area (Å²) < 4.78 is 0. The maximum absolute atomic E-state index is 12.1. The lowest BCUT2D eigenvalue weighted by Gasteiger charge is -2.08. The number of hydrogen-bond donors (Lipinski definition) is 2. The fourth-order valence-corrected chi connectivity index (χ4v) is 2.36. The molecule has 0 radical (unpaired) electrons. The van der Waals surface area contributed by atoms with E-state index in [2.05, 4.69) is 5.32 Å². The monoisotopic (exact) mass is 326 g/mol. The van der Waals surface area contributed by atoms with Gasteiger partial charge >= 0.3 is 0 Å². The molecule has 0 aliphatic rings. The van der Waals surface area contributed by atoms with Gasteiger partial charge in [-0.25, -0.2) is 0 Å². The zero-order valence-electron chi connectivity index (χ0n) is 10.6. The van der Waals surface area contributed by atoms with E-state index in [1.165, 1.54) is 12.1 Å². The molecule has 2 rings (SSSR count). The highest BCUT2D eigenvalue weighted by Crippen LogP contribution is 2.29. The molecule has 0 unspecified atom stereocenters. The molecule has 0 fully saturated rings. The second-order valence-electron chi connectivity index (χ2n) is 4.04. The molecule has 0 saturated heterocycles. The normalized spacial score (nSPS) is 10.3. The van der Waals surface area contributed by atoms with Gasteiger partial charge in [-0.05, 0) is 42.7 Å². The summed E-state index contributed by atoms with van der Waals surface area (Å²) in [5, 5.41) is 3.29. The second-order valence-corrected chi connectivity index (χ2v) is 5.71. The highest BCUT2D eigenvalue weighted by Gasteiger charge is 2.11. The minimum Gasteiger partial charge on any atom is -0.397 e. The van der Waals surface area contributed by atoms with Crippen LogP contribution in [0.4, 0.5) is 11.4 Å². The standard InChI is InChI=1S/C14H12Cl2N2OS/c1-20-10-4-2-9(3-5-10)18-14(19)8-6-11(15)13(16)12(17)7-8/h2-7H,17H2,1H3,(H,18,19). The first-order chi connectivity index (χ1) is 9.51. The SMILES string of the molecule is CSc1ccc(NC(=O)c2cc(N)c(Cl)c(Cl)c2)cc1. The van der Waals surface area contributed by atoms with Crippen LogP contribution in [0.2, 0.25) is 10.0 Å². The van der Waals surface area contributed by atoms with Crippen LogP contribution in [0.15, 0.2) is 41.3 Å². The van der Waals surface area contributed by atoms with Gasteiger partial charge in [0.2, 0.25) is 0 Å². The van der Waals surface area contributed by atoms with E-state index in [9.17, 15) is 4.79 Å². The zero-order valence-corrected chi connectivity index (χ0v) is 12.9. The van der Waals surface area contributed by atoms with Crippen molar-refractivity contribution in [1.29, 1.82) is 0 Å². The van der Waals surface area contributed by atoms with Gasteiger partial charge in [-0.15, -0.1) is 11.8 Å². The van der Waals surface area contributed by atoms with E-state index in [0.29, 0.717) is 11.3 Å². The first-order valence-electron chi connectivity index (χ1n) is 5.71. The number of rotatable bonds is 3. The first-order valence-corrected chi connectivity index (χ1v) is 7.69. The van der Waals surface area contributed by atoms with E-state index < -0.39 is 0 Å². The van der Waals surface area contributed by atoms with Gasteiger partial charge in [0, 0.05) is 16.1 Å². The molecule has 3 N–H and O–H groups in total. The van der Waals surface area contributed by atoms with Gasteiger partial charge in [0.25, 0.3) is 5.91 Å². The third-order valence-corrected chi connectivity index (χ3v) is 4.23. The van der Waals surface area contributed by atoms with Gasteiger partial charge in [0.05, 0.1) is 15.7 Å². The van der Waals surface area contributed by atoms with Gasteiger partial charge in [-0.1, -0.05) is 23.2 Å². The van der Waals surface area contributed by atoms with Crippen molar-refractivity contribution in [1.82, 2.24) is 0 Å². The average molecular weight is 327 g/mol. The predicted octanol–water partition coefficient (Wildman–Crippen LogP) is 4.55. The number of carbonyl (C=O) groups excluding carboxylic acids is 1. The summed E-state index contributed by atoms with van der Waals surface area (Å²) in [7, 11) is 0. The Balaban J connectivity index is 2.19. The molecule has 1 amide bonds. The molecule has 0 aliphatic heterocycles. The number of hydrogen-bond acceptors (Lipinski definition) is 3. The molecule has 6 heteroatoms. The smallest absolute Gasteiger partial charge is 0.255 e. The molecule has 0 aliphatic carbocycles. The number of amides is 1. The molecule has 2 aromatic carbocycles. The minimum atomic E-state index is -0.285. The number of anilines is 2. The Morgan fingerprint density at radius 2 is 1.85 bits per heavy atom. The number of carbonyl (C=O) groups is 1. The van der Waals surface area contributed by atoms with Crippen LogP contribution in [0.5, 0.6) is 0 Å². The van der Waals surface area contributed by atoms with Crippen molar-refractivity contribution in [2.45, 2.75) is 4.90 Å². The van der Waals surface area contributed by atoms with Crippen molar-refractivity contribution >= 4 is 52.2 Å². The topological polar surface area (TPSA) is 55.1 Å². The maximum atomic E-state index is 12.1. The highest BCUT2D eigenvalue weighted by molar-refractivity contribution is 7.98. The van der Waals surface area contributed by atoms with E-state index in [4.69, 9.17) is 28.9 Å². The third-order valence-electron chi connectivity index (χ3n) is 2.67. The first kappa shape index (κ1) is 15.0. The molecular formula is C14H12Cl2N2OS. The Kier molecular flexibility index (Phi) is 4.81. The lowest BCUT2D eigenvalue weighted by atomic mass is 10.2. The van der Waals surface area contributed by atoms with Crippen molar-refractivity contribution in [3.63, 3.8) is 0 Å². The van der Waals surface area contributed by atoms with Crippen LogP contribution >= 0.6 is 35.0 Å². The Labute approximate surface area is 131 Å². The quantitative estimate of drug-likeness (QED) is 0.642. The number of thioether (sulfide) groups is 1. The summed E-state index contributed by atoms with van der Waals surface area (Å²) in [6, 6.07) is 10.5. The summed E-state index contributed by atoms with van der Waals surface area (Å²) in [6.07, 6.45) is 1.99. The molecule has 0 bridgehead atoms. The van der Waals surface area contributed by atoms with Crippen molar-refractivity contribution in [2.24, 2.45) is 0 Å². The van der Waals surface area contributed by atoms with Crippen LogP contribution < -0.4 is 11.1 Å². The molecule has 0 heterocycles. The van der Waals surface area contributed by atoms with Crippen molar-refractivity contribution in [3.8, 4) is 0 Å². The number of nitrogens with two attached hydrogens (primary N) is 1. The molecular weight excluding hydrogens is 315 g/mol. The van der Waals surface area contributed by atoms with Crippen molar-refractivity contribution < 1.29 is 4.79 Å². The van der Waals surface area contributed by atoms with Crippen LogP contribution in [-0.4, -0.2) is 12.2 Å². The van der Waals surface area contributed by atoms with Gasteiger partial charge in [0.15, 0.2) is 0 Å². The maximum Gasteiger partial charge on any atom is 0.255 e. The van der Waals surface area contributed by atoms with Crippen molar-refractivity contribution in [2.75, 3.05) is 17.3 Å². The number of nitrogen functional groups attached to an aromatic ring is 1. The van der Waals surface area contributed by atoms with E-state index in [-0.39, 0.29) is 21.6 Å². The highest BCUT2D eigenvalue weighted by atomic mass is 35.5. The van der Waals surface area contributed by atoms with E-state index >= 15 is 0 Å². The molecule has 104 valence electrons. The third kappa shape index (κ3) is 3.39. The Morgan fingerprint density at radius 1 is 1.20 bits per heavy atom. The average Bonchev–Trinajstić information content (AvgIpc) is 2.45. The lowest BCUT2D eigenvalue weighted by molar-refractivity contribution is 0.102. The van der Waals surface area contributed by atoms with E-state index in [0.717, 1.165) is 4.90 Å². The molecule has 0 saturated carbocycles. The molecule has 3 nitrogen and oxygen atoms in total. The Morgan fingerprint density at radius 3 is 2.40 bits per heavy atom. The molecule has 2 aromatic rings. The van der Waals surface area contributed by atoms with Gasteiger partial charge < -0.3 is 11.1 Å². The lowest BCUT2D eigenvalue weighted by Crippen LogP contribution is -2.12. The minimum absolute atomic E-state index is 0.257. The van der Waals surface area contributed by atoms with Crippen molar-refractivity contribution in [3.05, 3.63) is 52.0 Å². The van der Waals surface area contributed by atoms with E-state index in [1.54, 1.807) is 11.8 Å². The fraction of sp³-hybridized carbons (Fsp3) is 0.0714. The van der Waals surface area contributed by atoms with Gasteiger partial charge in [0.1, 0.15) is 0 Å². The Hall–Kier alpha value is -1.36. The summed E-state index contributed by atoms with van der Waals surface area (Å²) in [5.41, 5.74) is 7.04. The summed E-state index contributed by atoms with van der Waals surface area (Å²) in [4.78, 5) is 13.2. The second kappa shape index (κ2) is 6.39. The number of halogens is 2. The van der Waals surface area contributed by atoms with Crippen LogP contribution in [-0.2, 0) is 0 Å². The van der Waals surface area contributed by atoms with Gasteiger partial charge in [-0.2, -0.15) is 0 Å². The summed E-state index contributed by atoms with van der Waals surface area (Å²) >= 11 is 13.4.